The van der Waals surface area contributed by atoms with Gasteiger partial charge in [-0.25, -0.2) is 9.97 Å². The summed E-state index contributed by atoms with van der Waals surface area (Å²) in [5, 5.41) is 0. The molecule has 0 fully saturated rings. The molecule has 3 rings (SSSR count). The van der Waals surface area contributed by atoms with Gasteiger partial charge in [0.15, 0.2) is 0 Å². The van der Waals surface area contributed by atoms with Crippen molar-refractivity contribution in [2.75, 3.05) is 5.73 Å². The van der Waals surface area contributed by atoms with Gasteiger partial charge in [-0.3, -0.25) is 0 Å². The molecule has 0 spiro atoms. The molecule has 0 aliphatic heterocycles. The van der Waals surface area contributed by atoms with Gasteiger partial charge in [-0.1, -0.05) is 34.1 Å². The highest BCUT2D eigenvalue weighted by atomic mass is 79.9. The first-order chi connectivity index (χ1) is 9.69. The Bertz CT molecular complexity index is 659. The maximum atomic E-state index is 11.4. The van der Waals surface area contributed by atoms with Crippen molar-refractivity contribution in [3.63, 3.8) is 0 Å². The third kappa shape index (κ3) is 2.33. The van der Waals surface area contributed by atoms with Crippen LogP contribution in [0.3, 0.4) is 0 Å². The first-order valence-electron chi connectivity index (χ1n) is 6.50. The van der Waals surface area contributed by atoms with Crippen LogP contribution in [0.5, 0.6) is 0 Å². The van der Waals surface area contributed by atoms with Gasteiger partial charge in [0, 0.05) is 22.2 Å². The van der Waals surface area contributed by atoms with Crippen molar-refractivity contribution in [2.24, 2.45) is 0 Å². The minimum Gasteiger partial charge on any atom is -0.368 e. The van der Waals surface area contributed by atoms with Gasteiger partial charge >= 0.3 is 0 Å². The highest BCUT2D eigenvalue weighted by Crippen LogP contribution is 2.40. The molecule has 1 heterocycles. The molecule has 0 radical (unpaired) electrons. The average Bonchev–Trinajstić information content (AvgIpc) is 2.46. The number of rotatable bonds is 2. The Kier molecular flexibility index (Phi) is 3.53. The molecule has 102 valence electrons. The van der Waals surface area contributed by atoms with Crippen LogP contribution in [0.15, 0.2) is 34.9 Å². The summed E-state index contributed by atoms with van der Waals surface area (Å²) in [5.41, 5.74) is 8.68. The Labute approximate surface area is 125 Å². The number of aldehydes is 1. The standard InChI is InChI=1S/C15H14BrN3O/c16-13-4-2-1-3-11(13)9-5-10(8-20)12-7-18-15(17)19-14(12)6-9/h1-4,7-10H,5-6H2,(H2,17,18,19). The quantitative estimate of drug-likeness (QED) is 0.859. The average molecular weight is 332 g/mol. The van der Waals surface area contributed by atoms with E-state index in [1.807, 2.05) is 18.2 Å². The van der Waals surface area contributed by atoms with Gasteiger partial charge in [0.1, 0.15) is 6.29 Å². The van der Waals surface area contributed by atoms with Gasteiger partial charge in [0.25, 0.3) is 0 Å². The molecule has 0 saturated heterocycles. The van der Waals surface area contributed by atoms with Gasteiger partial charge in [-0.2, -0.15) is 0 Å². The zero-order chi connectivity index (χ0) is 14.1. The van der Waals surface area contributed by atoms with Gasteiger partial charge in [-0.15, -0.1) is 0 Å². The van der Waals surface area contributed by atoms with Crippen LogP contribution in [0.25, 0.3) is 0 Å². The Balaban J connectivity index is 2.02. The van der Waals surface area contributed by atoms with Crippen LogP contribution in [0.2, 0.25) is 0 Å². The molecule has 2 N–H and O–H groups in total. The summed E-state index contributed by atoms with van der Waals surface area (Å²) in [4.78, 5) is 19.7. The van der Waals surface area contributed by atoms with E-state index in [0.717, 1.165) is 34.9 Å². The van der Waals surface area contributed by atoms with E-state index >= 15 is 0 Å². The summed E-state index contributed by atoms with van der Waals surface area (Å²) >= 11 is 3.58. The Morgan fingerprint density at radius 1 is 1.30 bits per heavy atom. The number of hydrogen-bond donors (Lipinski definition) is 1. The molecule has 0 amide bonds. The summed E-state index contributed by atoms with van der Waals surface area (Å²) in [6.45, 7) is 0. The molecule has 2 aromatic rings. The predicted molar refractivity (Wildman–Crippen MR) is 80.5 cm³/mol. The van der Waals surface area contributed by atoms with Gasteiger partial charge < -0.3 is 10.5 Å². The van der Waals surface area contributed by atoms with Crippen molar-refractivity contribution in [2.45, 2.75) is 24.7 Å². The highest BCUT2D eigenvalue weighted by molar-refractivity contribution is 9.10. The van der Waals surface area contributed by atoms with Crippen LogP contribution in [-0.2, 0) is 11.2 Å². The van der Waals surface area contributed by atoms with Crippen molar-refractivity contribution >= 4 is 28.2 Å². The smallest absolute Gasteiger partial charge is 0.220 e. The van der Waals surface area contributed by atoms with Gasteiger partial charge in [0.05, 0.1) is 5.69 Å². The maximum Gasteiger partial charge on any atom is 0.220 e. The number of benzene rings is 1. The van der Waals surface area contributed by atoms with Crippen LogP contribution >= 0.6 is 15.9 Å². The molecule has 1 aliphatic rings. The number of fused-ring (bicyclic) bond motifs is 1. The van der Waals surface area contributed by atoms with Gasteiger partial charge in [0.2, 0.25) is 5.95 Å². The molecule has 4 nitrogen and oxygen atoms in total. The summed E-state index contributed by atoms with van der Waals surface area (Å²) in [6.07, 6.45) is 4.25. The fraction of sp³-hybridized carbons (Fsp3) is 0.267. The first kappa shape index (κ1) is 13.2. The number of nitrogens with two attached hydrogens (primary N) is 1. The van der Waals surface area contributed by atoms with Crippen LogP contribution in [0, 0.1) is 0 Å². The molecule has 20 heavy (non-hydrogen) atoms. The zero-order valence-corrected chi connectivity index (χ0v) is 12.4. The van der Waals surface area contributed by atoms with E-state index in [1.165, 1.54) is 5.56 Å². The number of carbonyl (C=O) groups excluding carboxylic acids is 1. The Morgan fingerprint density at radius 2 is 2.10 bits per heavy atom. The van der Waals surface area contributed by atoms with E-state index in [4.69, 9.17) is 5.73 Å². The normalized spacial score (nSPS) is 21.2. The van der Waals surface area contributed by atoms with Crippen LogP contribution in [-0.4, -0.2) is 16.3 Å². The molecule has 2 unspecified atom stereocenters. The SMILES string of the molecule is Nc1ncc2c(n1)CC(c1ccccc1Br)CC2C=O. The van der Waals surface area contributed by atoms with Crippen LogP contribution in [0.1, 0.15) is 35.1 Å². The molecule has 2 atom stereocenters. The lowest BCUT2D eigenvalue weighted by molar-refractivity contribution is -0.109. The van der Waals surface area contributed by atoms with Crippen LogP contribution < -0.4 is 5.73 Å². The first-order valence-corrected chi connectivity index (χ1v) is 7.29. The Hall–Kier alpha value is -1.75. The molecule has 5 heteroatoms. The molecular weight excluding hydrogens is 318 g/mol. The fourth-order valence-electron chi connectivity index (χ4n) is 2.84. The molecule has 0 saturated carbocycles. The monoisotopic (exact) mass is 331 g/mol. The lowest BCUT2D eigenvalue weighted by Crippen LogP contribution is -2.21. The maximum absolute atomic E-state index is 11.4. The summed E-state index contributed by atoms with van der Waals surface area (Å²) in [5.74, 6) is 0.375. The second-order valence-electron chi connectivity index (χ2n) is 5.03. The lowest BCUT2D eigenvalue weighted by Gasteiger charge is -2.28. The van der Waals surface area contributed by atoms with Crippen molar-refractivity contribution in [3.05, 3.63) is 51.8 Å². The lowest BCUT2D eigenvalue weighted by atomic mass is 9.77. The summed E-state index contributed by atoms with van der Waals surface area (Å²) < 4.78 is 1.07. The summed E-state index contributed by atoms with van der Waals surface area (Å²) in [6, 6.07) is 8.11. The fourth-order valence-corrected chi connectivity index (χ4v) is 3.45. The molecule has 1 aromatic heterocycles. The molecular formula is C15H14BrN3O. The number of nitrogens with zero attached hydrogens (tertiary/aromatic N) is 2. The Morgan fingerprint density at radius 3 is 2.85 bits per heavy atom. The molecule has 1 aliphatic carbocycles. The third-order valence-corrected chi connectivity index (χ3v) is 4.53. The zero-order valence-electron chi connectivity index (χ0n) is 10.8. The van der Waals surface area contributed by atoms with E-state index in [-0.39, 0.29) is 17.8 Å². The number of halogens is 1. The van der Waals surface area contributed by atoms with Crippen LogP contribution in [0.4, 0.5) is 5.95 Å². The third-order valence-electron chi connectivity index (χ3n) is 3.81. The second kappa shape index (κ2) is 5.32. The number of nitrogen functional groups attached to an aromatic ring is 1. The number of hydrogen-bond acceptors (Lipinski definition) is 4. The molecule has 0 bridgehead atoms. The van der Waals surface area contributed by atoms with E-state index in [2.05, 4.69) is 32.0 Å². The van der Waals surface area contributed by atoms with Crippen molar-refractivity contribution in [1.29, 1.82) is 0 Å². The van der Waals surface area contributed by atoms with E-state index in [1.54, 1.807) is 6.20 Å². The topological polar surface area (TPSA) is 68.9 Å². The van der Waals surface area contributed by atoms with E-state index in [9.17, 15) is 4.79 Å². The van der Waals surface area contributed by atoms with Gasteiger partial charge in [-0.05, 0) is 30.4 Å². The van der Waals surface area contributed by atoms with Crippen molar-refractivity contribution in [1.82, 2.24) is 9.97 Å². The molecule has 1 aromatic carbocycles. The van der Waals surface area contributed by atoms with Crippen molar-refractivity contribution < 1.29 is 4.79 Å². The number of aromatic nitrogens is 2. The largest absolute Gasteiger partial charge is 0.368 e. The predicted octanol–water partition coefficient (Wildman–Crippen LogP) is 2.83. The summed E-state index contributed by atoms with van der Waals surface area (Å²) in [7, 11) is 0. The minimum absolute atomic E-state index is 0.156. The number of anilines is 1. The highest BCUT2D eigenvalue weighted by Gasteiger charge is 2.30. The van der Waals surface area contributed by atoms with E-state index in [0.29, 0.717) is 0 Å². The number of carbonyl (C=O) groups is 1. The van der Waals surface area contributed by atoms with E-state index < -0.39 is 0 Å². The second-order valence-corrected chi connectivity index (χ2v) is 5.89. The minimum atomic E-state index is -0.156. The van der Waals surface area contributed by atoms with Crippen molar-refractivity contribution in [3.8, 4) is 0 Å².